The van der Waals surface area contributed by atoms with E-state index in [9.17, 15) is 9.59 Å². The Morgan fingerprint density at radius 2 is 2.13 bits per heavy atom. The number of nitrogens with zero attached hydrogens (tertiary/aromatic N) is 3. The number of carboxylic acid groups (broad SMARTS) is 1. The maximum Gasteiger partial charge on any atom is 0.341 e. The average molecular weight is 318 g/mol. The average Bonchev–Trinajstić information content (AvgIpc) is 3.05. The Morgan fingerprint density at radius 3 is 2.70 bits per heavy atom. The van der Waals surface area contributed by atoms with Gasteiger partial charge in [0.2, 0.25) is 5.91 Å². The Hall–Kier alpha value is -2.69. The predicted octanol–water partition coefficient (Wildman–Crippen LogP) is 2.08. The Bertz CT molecular complexity index is 678. The van der Waals surface area contributed by atoms with Gasteiger partial charge < -0.3 is 14.9 Å². The molecule has 0 radical (unpaired) electrons. The van der Waals surface area contributed by atoms with Crippen LogP contribution in [0.15, 0.2) is 21.0 Å². The summed E-state index contributed by atoms with van der Waals surface area (Å²) in [5.41, 5.74) is -1.40. The van der Waals surface area contributed by atoms with Gasteiger partial charge in [0.25, 0.3) is 0 Å². The zero-order valence-corrected chi connectivity index (χ0v) is 13.0. The third-order valence-electron chi connectivity index (χ3n) is 3.65. The van der Waals surface area contributed by atoms with E-state index in [0.29, 0.717) is 19.3 Å². The van der Waals surface area contributed by atoms with Crippen molar-refractivity contribution in [1.29, 1.82) is 0 Å². The minimum atomic E-state index is -1.16. The van der Waals surface area contributed by atoms with Gasteiger partial charge in [-0.3, -0.25) is 4.79 Å². The fraction of sp³-hybridized carbons (Fsp3) is 0.533. The second kappa shape index (κ2) is 6.20. The number of amides is 1. The molecule has 0 aromatic carbocycles. The molecule has 1 amide bonds. The summed E-state index contributed by atoms with van der Waals surface area (Å²) >= 11 is 0. The van der Waals surface area contributed by atoms with E-state index >= 15 is 0 Å². The molecule has 0 atom stereocenters. The largest absolute Gasteiger partial charge is 0.478 e. The summed E-state index contributed by atoms with van der Waals surface area (Å²) < 4.78 is 4.71. The Balaban J connectivity index is 1.93. The number of carbonyl (C=O) groups is 2. The van der Waals surface area contributed by atoms with Crippen LogP contribution in [0.25, 0.3) is 0 Å². The van der Waals surface area contributed by atoms with Gasteiger partial charge in [0.1, 0.15) is 17.5 Å². The highest BCUT2D eigenvalue weighted by atomic mass is 16.5. The number of rotatable bonds is 8. The van der Waals surface area contributed by atoms with Crippen molar-refractivity contribution in [3.05, 3.63) is 17.5 Å². The summed E-state index contributed by atoms with van der Waals surface area (Å²) in [5, 5.41) is 23.5. The molecule has 2 N–H and O–H groups in total. The molecule has 8 heteroatoms. The molecule has 0 spiro atoms. The van der Waals surface area contributed by atoms with Crippen LogP contribution in [0.3, 0.4) is 0 Å². The highest BCUT2D eigenvalue weighted by Crippen LogP contribution is 2.37. The molecule has 8 nitrogen and oxygen atoms in total. The van der Waals surface area contributed by atoms with Gasteiger partial charge in [0.15, 0.2) is 5.66 Å². The van der Waals surface area contributed by atoms with Crippen LogP contribution in [-0.4, -0.2) is 27.8 Å². The third-order valence-corrected chi connectivity index (χ3v) is 3.65. The van der Waals surface area contributed by atoms with Gasteiger partial charge in [-0.1, -0.05) is 5.16 Å². The van der Waals surface area contributed by atoms with Crippen molar-refractivity contribution in [3.8, 4) is 12.3 Å². The van der Waals surface area contributed by atoms with Gasteiger partial charge in [0.05, 0.1) is 5.54 Å². The minimum absolute atomic E-state index is 0.0759. The van der Waals surface area contributed by atoms with Gasteiger partial charge in [-0.25, -0.2) is 4.79 Å². The van der Waals surface area contributed by atoms with Crippen molar-refractivity contribution in [2.45, 2.75) is 50.7 Å². The lowest BCUT2D eigenvalue weighted by Gasteiger charge is -2.24. The molecule has 1 aromatic heterocycles. The molecular formula is C15H18N4O4. The lowest BCUT2D eigenvalue weighted by Crippen LogP contribution is -2.42. The standard InChI is InChI=1S/C15H18N4O4/c1-4-5-7-15(18-19-15)8-6-11(20)16-14(2,3)12-10(13(21)22)9-23-17-12/h1,9H,5-8H2,2-3H3,(H,16,20)(H,21,22). The van der Waals surface area contributed by atoms with Crippen LogP contribution in [-0.2, 0) is 10.3 Å². The zero-order valence-electron chi connectivity index (χ0n) is 13.0. The number of hydrogen-bond acceptors (Lipinski definition) is 6. The fourth-order valence-electron chi connectivity index (χ4n) is 2.29. The van der Waals surface area contributed by atoms with Crippen molar-refractivity contribution in [2.24, 2.45) is 10.2 Å². The first-order valence-electron chi connectivity index (χ1n) is 7.16. The van der Waals surface area contributed by atoms with E-state index in [-0.39, 0.29) is 23.6 Å². The zero-order chi connectivity index (χ0) is 17.1. The van der Waals surface area contributed by atoms with Gasteiger partial charge in [-0.15, -0.1) is 12.3 Å². The predicted molar refractivity (Wildman–Crippen MR) is 79.5 cm³/mol. The van der Waals surface area contributed by atoms with Crippen molar-refractivity contribution in [2.75, 3.05) is 0 Å². The SMILES string of the molecule is C#CCCC1(CCC(=O)NC(C)(C)c2nocc2C(=O)O)N=N1. The first-order valence-corrected chi connectivity index (χ1v) is 7.16. The first-order chi connectivity index (χ1) is 10.8. The molecule has 1 aromatic rings. The number of carboxylic acids is 1. The van der Waals surface area contributed by atoms with E-state index in [4.69, 9.17) is 16.1 Å². The Morgan fingerprint density at radius 1 is 1.43 bits per heavy atom. The number of hydrogen-bond donors (Lipinski definition) is 2. The molecule has 1 aliphatic heterocycles. The molecule has 0 bridgehead atoms. The highest BCUT2D eigenvalue weighted by molar-refractivity contribution is 5.89. The molecule has 0 saturated carbocycles. The van der Waals surface area contributed by atoms with Crippen LogP contribution in [0.4, 0.5) is 0 Å². The smallest absolute Gasteiger partial charge is 0.341 e. The van der Waals surface area contributed by atoms with Crippen molar-refractivity contribution in [3.63, 3.8) is 0 Å². The normalized spacial score (nSPS) is 15.0. The second-order valence-electron chi connectivity index (χ2n) is 5.94. The van der Waals surface area contributed by atoms with E-state index in [1.54, 1.807) is 13.8 Å². The van der Waals surface area contributed by atoms with Crippen LogP contribution in [0.5, 0.6) is 0 Å². The third kappa shape index (κ3) is 3.94. The number of nitrogens with one attached hydrogen (secondary N) is 1. The monoisotopic (exact) mass is 318 g/mol. The van der Waals surface area contributed by atoms with E-state index in [1.807, 2.05) is 0 Å². The van der Waals surface area contributed by atoms with Gasteiger partial charge >= 0.3 is 5.97 Å². The van der Waals surface area contributed by atoms with E-state index < -0.39 is 17.2 Å². The molecule has 2 heterocycles. The fourth-order valence-corrected chi connectivity index (χ4v) is 2.29. The van der Waals surface area contributed by atoms with Crippen molar-refractivity contribution < 1.29 is 19.2 Å². The van der Waals surface area contributed by atoms with Crippen LogP contribution >= 0.6 is 0 Å². The molecule has 0 fully saturated rings. The lowest BCUT2D eigenvalue weighted by atomic mass is 9.96. The number of aromatic nitrogens is 1. The molecule has 2 rings (SSSR count). The summed E-state index contributed by atoms with van der Waals surface area (Å²) in [5.74, 6) is 1.13. The molecule has 0 unspecified atom stereocenters. The van der Waals surface area contributed by atoms with Crippen molar-refractivity contribution in [1.82, 2.24) is 10.5 Å². The van der Waals surface area contributed by atoms with Gasteiger partial charge in [-0.2, -0.15) is 10.2 Å². The molecule has 23 heavy (non-hydrogen) atoms. The number of carbonyl (C=O) groups excluding carboxylic acids is 1. The summed E-state index contributed by atoms with van der Waals surface area (Å²) in [6.45, 7) is 3.32. The van der Waals surface area contributed by atoms with Crippen LogP contribution < -0.4 is 5.32 Å². The quantitative estimate of drug-likeness (QED) is 0.712. The number of terminal acetylenes is 1. The van der Waals surface area contributed by atoms with Gasteiger partial charge in [-0.05, 0) is 13.8 Å². The minimum Gasteiger partial charge on any atom is -0.478 e. The molecule has 122 valence electrons. The van der Waals surface area contributed by atoms with Gasteiger partial charge in [0, 0.05) is 25.7 Å². The Labute approximate surface area is 133 Å². The Kier molecular flexibility index (Phi) is 4.50. The highest BCUT2D eigenvalue weighted by Gasteiger charge is 2.40. The van der Waals surface area contributed by atoms with Crippen molar-refractivity contribution >= 4 is 11.9 Å². The summed E-state index contributed by atoms with van der Waals surface area (Å²) in [7, 11) is 0. The molecule has 1 aliphatic rings. The molecule has 0 saturated heterocycles. The lowest BCUT2D eigenvalue weighted by molar-refractivity contribution is -0.123. The maximum atomic E-state index is 12.1. The second-order valence-corrected chi connectivity index (χ2v) is 5.94. The van der Waals surface area contributed by atoms with Crippen LogP contribution in [0.1, 0.15) is 55.6 Å². The summed E-state index contributed by atoms with van der Waals surface area (Å²) in [6.07, 6.45) is 8.13. The number of aromatic carboxylic acids is 1. The van der Waals surface area contributed by atoms with Crippen LogP contribution in [0.2, 0.25) is 0 Å². The maximum absolute atomic E-state index is 12.1. The summed E-state index contributed by atoms with van der Waals surface area (Å²) in [6, 6.07) is 0. The summed E-state index contributed by atoms with van der Waals surface area (Å²) in [4.78, 5) is 23.3. The van der Waals surface area contributed by atoms with E-state index in [1.165, 1.54) is 0 Å². The van der Waals surface area contributed by atoms with E-state index in [2.05, 4.69) is 26.6 Å². The topological polar surface area (TPSA) is 117 Å². The molecular weight excluding hydrogens is 300 g/mol. The van der Waals surface area contributed by atoms with Crippen LogP contribution in [0, 0.1) is 12.3 Å². The first kappa shape index (κ1) is 16.7. The van der Waals surface area contributed by atoms with E-state index in [0.717, 1.165) is 6.26 Å². The molecule has 0 aliphatic carbocycles.